The van der Waals surface area contributed by atoms with Gasteiger partial charge in [-0.3, -0.25) is 9.48 Å². The summed E-state index contributed by atoms with van der Waals surface area (Å²) in [5, 5.41) is 16.9. The predicted molar refractivity (Wildman–Crippen MR) is 61.7 cm³/mol. The quantitative estimate of drug-likeness (QED) is 0.878. The van der Waals surface area contributed by atoms with Crippen molar-refractivity contribution >= 4 is 5.97 Å². The van der Waals surface area contributed by atoms with Gasteiger partial charge in [-0.25, -0.2) is 0 Å². The van der Waals surface area contributed by atoms with Crippen molar-refractivity contribution in [3.05, 3.63) is 18.2 Å². The van der Waals surface area contributed by atoms with Gasteiger partial charge in [0.25, 0.3) is 0 Å². The average molecular weight is 250 g/mol. The van der Waals surface area contributed by atoms with Gasteiger partial charge < -0.3 is 9.63 Å². The minimum absolute atomic E-state index is 0.311. The Morgan fingerprint density at radius 3 is 2.78 bits per heavy atom. The molecule has 0 aliphatic rings. The second-order valence-corrected chi connectivity index (χ2v) is 4.25. The van der Waals surface area contributed by atoms with Crippen LogP contribution in [0, 0.1) is 5.92 Å². The average Bonchev–Trinajstić information content (AvgIpc) is 2.95. The summed E-state index contributed by atoms with van der Waals surface area (Å²) in [5.41, 5.74) is 0.600. The molecule has 2 aromatic heterocycles. The first-order valence-electron chi connectivity index (χ1n) is 5.55. The summed E-state index contributed by atoms with van der Waals surface area (Å²) in [6, 6.07) is 1.76. The molecule has 1 N–H and O–H groups in total. The SMILES string of the molecule is CC(C(=O)O)C(C)c1nc(-c2ccn(C)n2)no1. The molecule has 18 heavy (non-hydrogen) atoms. The predicted octanol–water partition coefficient (Wildman–Crippen LogP) is 1.29. The van der Waals surface area contributed by atoms with E-state index in [1.54, 1.807) is 37.8 Å². The number of rotatable bonds is 4. The highest BCUT2D eigenvalue weighted by Crippen LogP contribution is 2.24. The van der Waals surface area contributed by atoms with Crippen molar-refractivity contribution in [2.75, 3.05) is 0 Å². The third-order valence-electron chi connectivity index (χ3n) is 2.91. The zero-order valence-corrected chi connectivity index (χ0v) is 10.4. The molecule has 2 heterocycles. The van der Waals surface area contributed by atoms with Gasteiger partial charge in [-0.1, -0.05) is 19.0 Å². The van der Waals surface area contributed by atoms with Crippen molar-refractivity contribution < 1.29 is 14.4 Å². The van der Waals surface area contributed by atoms with Crippen LogP contribution in [0.2, 0.25) is 0 Å². The first-order chi connectivity index (χ1) is 8.49. The first-order valence-corrected chi connectivity index (χ1v) is 5.55. The number of carboxylic acids is 1. The summed E-state index contributed by atoms with van der Waals surface area (Å²) in [6.45, 7) is 3.35. The Labute approximate surface area is 103 Å². The van der Waals surface area contributed by atoms with Crippen molar-refractivity contribution in [2.45, 2.75) is 19.8 Å². The number of hydrogen-bond acceptors (Lipinski definition) is 5. The zero-order valence-electron chi connectivity index (χ0n) is 10.4. The minimum atomic E-state index is -0.889. The largest absolute Gasteiger partial charge is 0.481 e. The van der Waals surface area contributed by atoms with Gasteiger partial charge >= 0.3 is 5.97 Å². The van der Waals surface area contributed by atoms with Gasteiger partial charge in [-0.15, -0.1) is 0 Å². The molecule has 0 spiro atoms. The molecule has 2 unspecified atom stereocenters. The molecule has 0 aromatic carbocycles. The van der Waals surface area contributed by atoms with Crippen molar-refractivity contribution in [3.63, 3.8) is 0 Å². The number of aromatic nitrogens is 4. The van der Waals surface area contributed by atoms with E-state index >= 15 is 0 Å². The molecular weight excluding hydrogens is 236 g/mol. The fraction of sp³-hybridized carbons (Fsp3) is 0.455. The van der Waals surface area contributed by atoms with Crippen LogP contribution in [0.1, 0.15) is 25.7 Å². The number of aryl methyl sites for hydroxylation is 1. The molecule has 96 valence electrons. The molecule has 0 aliphatic heterocycles. The number of nitrogens with zero attached hydrogens (tertiary/aromatic N) is 4. The Kier molecular flexibility index (Phi) is 3.14. The molecule has 0 aliphatic carbocycles. The van der Waals surface area contributed by atoms with E-state index in [4.69, 9.17) is 9.63 Å². The number of aliphatic carboxylic acids is 1. The van der Waals surface area contributed by atoms with Crippen molar-refractivity contribution in [1.82, 2.24) is 19.9 Å². The first kappa shape index (κ1) is 12.3. The molecule has 0 radical (unpaired) electrons. The van der Waals surface area contributed by atoms with Crippen LogP contribution in [0.5, 0.6) is 0 Å². The van der Waals surface area contributed by atoms with E-state index < -0.39 is 11.9 Å². The van der Waals surface area contributed by atoms with Crippen molar-refractivity contribution in [1.29, 1.82) is 0 Å². The summed E-state index contributed by atoms with van der Waals surface area (Å²) >= 11 is 0. The second-order valence-electron chi connectivity index (χ2n) is 4.25. The lowest BCUT2D eigenvalue weighted by atomic mass is 9.96. The minimum Gasteiger partial charge on any atom is -0.481 e. The van der Waals surface area contributed by atoms with Crippen LogP contribution in [0.4, 0.5) is 0 Å². The van der Waals surface area contributed by atoms with Crippen LogP contribution in [0.15, 0.2) is 16.8 Å². The Balaban J connectivity index is 2.23. The van der Waals surface area contributed by atoms with Gasteiger partial charge in [-0.05, 0) is 6.07 Å². The van der Waals surface area contributed by atoms with Crippen LogP contribution in [-0.4, -0.2) is 31.0 Å². The second kappa shape index (κ2) is 4.59. The van der Waals surface area contributed by atoms with Crippen LogP contribution >= 0.6 is 0 Å². The summed E-state index contributed by atoms with van der Waals surface area (Å²) < 4.78 is 6.72. The van der Waals surface area contributed by atoms with Crippen LogP contribution in [0.3, 0.4) is 0 Å². The van der Waals surface area contributed by atoms with E-state index in [-0.39, 0.29) is 5.92 Å². The van der Waals surface area contributed by atoms with E-state index in [2.05, 4.69) is 15.2 Å². The molecule has 0 saturated heterocycles. The third kappa shape index (κ3) is 2.24. The number of carbonyl (C=O) groups is 1. The van der Waals surface area contributed by atoms with E-state index in [1.165, 1.54) is 0 Å². The summed E-state index contributed by atoms with van der Waals surface area (Å²) in [5.74, 6) is -1.13. The molecule has 0 fully saturated rings. The molecule has 2 aromatic rings. The molecule has 0 saturated carbocycles. The molecule has 7 nitrogen and oxygen atoms in total. The van der Waals surface area contributed by atoms with Crippen molar-refractivity contribution in [3.8, 4) is 11.5 Å². The maximum absolute atomic E-state index is 10.9. The lowest BCUT2D eigenvalue weighted by Gasteiger charge is -2.10. The van der Waals surface area contributed by atoms with Gasteiger partial charge in [0, 0.05) is 19.2 Å². The monoisotopic (exact) mass is 250 g/mol. The normalized spacial score (nSPS) is 14.4. The van der Waals surface area contributed by atoms with E-state index in [0.717, 1.165) is 0 Å². The summed E-state index contributed by atoms with van der Waals surface area (Å²) in [4.78, 5) is 15.1. The van der Waals surface area contributed by atoms with Gasteiger partial charge in [0.1, 0.15) is 5.69 Å². The number of carboxylic acid groups (broad SMARTS) is 1. The molecule has 2 atom stereocenters. The van der Waals surface area contributed by atoms with Gasteiger partial charge in [-0.2, -0.15) is 10.1 Å². The molecule has 7 heteroatoms. The van der Waals surface area contributed by atoms with Gasteiger partial charge in [0.15, 0.2) is 0 Å². The maximum atomic E-state index is 10.9. The van der Waals surface area contributed by atoms with E-state index in [1.807, 2.05) is 0 Å². The summed E-state index contributed by atoms with van der Waals surface area (Å²) in [6.07, 6.45) is 1.77. The standard InChI is InChI=1S/C11H14N4O3/c1-6(7(2)11(16)17)10-12-9(14-18-10)8-4-5-15(3)13-8/h4-7H,1-3H3,(H,16,17). The maximum Gasteiger partial charge on any atom is 0.307 e. The number of hydrogen-bond donors (Lipinski definition) is 1. The lowest BCUT2D eigenvalue weighted by Crippen LogP contribution is -2.16. The summed E-state index contributed by atoms with van der Waals surface area (Å²) in [7, 11) is 1.79. The highest BCUT2D eigenvalue weighted by molar-refractivity contribution is 5.70. The van der Waals surface area contributed by atoms with E-state index in [9.17, 15) is 4.79 Å². The fourth-order valence-electron chi connectivity index (χ4n) is 1.49. The Morgan fingerprint density at radius 2 is 2.22 bits per heavy atom. The molecule has 2 rings (SSSR count). The smallest absolute Gasteiger partial charge is 0.307 e. The Bertz CT molecular complexity index is 560. The zero-order chi connectivity index (χ0) is 13.3. The van der Waals surface area contributed by atoms with Gasteiger partial charge in [0.05, 0.1) is 5.92 Å². The molecule has 0 bridgehead atoms. The van der Waals surface area contributed by atoms with Crippen LogP contribution in [0.25, 0.3) is 11.5 Å². The van der Waals surface area contributed by atoms with Gasteiger partial charge in [0.2, 0.25) is 11.7 Å². The Hall–Kier alpha value is -2.18. The molecular formula is C11H14N4O3. The highest BCUT2D eigenvalue weighted by Gasteiger charge is 2.26. The highest BCUT2D eigenvalue weighted by atomic mass is 16.5. The van der Waals surface area contributed by atoms with Crippen LogP contribution in [-0.2, 0) is 11.8 Å². The Morgan fingerprint density at radius 1 is 1.50 bits per heavy atom. The lowest BCUT2D eigenvalue weighted by molar-refractivity contribution is -0.141. The van der Waals surface area contributed by atoms with Crippen LogP contribution < -0.4 is 0 Å². The topological polar surface area (TPSA) is 94.0 Å². The van der Waals surface area contributed by atoms with Crippen molar-refractivity contribution in [2.24, 2.45) is 13.0 Å². The van der Waals surface area contributed by atoms with E-state index in [0.29, 0.717) is 17.4 Å². The molecule has 0 amide bonds. The third-order valence-corrected chi connectivity index (χ3v) is 2.91. The fourth-order valence-corrected chi connectivity index (χ4v) is 1.49.